The van der Waals surface area contributed by atoms with E-state index in [2.05, 4.69) is 5.32 Å². The van der Waals surface area contributed by atoms with Crippen molar-refractivity contribution in [3.05, 3.63) is 24.0 Å². The molecule has 1 aliphatic carbocycles. The van der Waals surface area contributed by atoms with Gasteiger partial charge in [-0.1, -0.05) is 6.42 Å². The fourth-order valence-corrected chi connectivity index (χ4v) is 2.24. The minimum absolute atomic E-state index is 0.125. The van der Waals surface area contributed by atoms with Crippen molar-refractivity contribution in [2.75, 3.05) is 5.32 Å². The summed E-state index contributed by atoms with van der Waals surface area (Å²) in [6.07, 6.45) is 5.65. The number of ether oxygens (including phenoxy) is 1. The van der Waals surface area contributed by atoms with Gasteiger partial charge in [0.25, 0.3) is 0 Å². The monoisotopic (exact) mass is 251 g/mol. The maximum Gasteiger partial charge on any atom is 0.221 e. The summed E-state index contributed by atoms with van der Waals surface area (Å²) >= 11 is 0. The molecule has 0 aromatic heterocycles. The minimum Gasteiger partial charge on any atom is -0.487 e. The zero-order valence-corrected chi connectivity index (χ0v) is 10.5. The van der Waals surface area contributed by atoms with Crippen molar-refractivity contribution >= 4 is 11.6 Å². The average molecular weight is 251 g/mol. The Kier molecular flexibility index (Phi) is 4.18. The van der Waals surface area contributed by atoms with Crippen LogP contribution < -0.4 is 10.1 Å². The van der Waals surface area contributed by atoms with Crippen molar-refractivity contribution in [3.8, 4) is 5.75 Å². The van der Waals surface area contributed by atoms with E-state index in [4.69, 9.17) is 4.74 Å². The zero-order valence-electron chi connectivity index (χ0n) is 10.5. The fraction of sp³-hybridized carbons (Fsp3) is 0.500. The van der Waals surface area contributed by atoms with Crippen LogP contribution in [0.3, 0.4) is 0 Å². The maximum absolute atomic E-state index is 13.8. The number of benzene rings is 1. The lowest BCUT2D eigenvalue weighted by Gasteiger charge is -2.23. The van der Waals surface area contributed by atoms with Gasteiger partial charge in [0.1, 0.15) is 0 Å². The largest absolute Gasteiger partial charge is 0.487 e. The number of carbonyl (C=O) groups is 1. The summed E-state index contributed by atoms with van der Waals surface area (Å²) in [7, 11) is 0. The molecule has 0 spiro atoms. The lowest BCUT2D eigenvalue weighted by Crippen LogP contribution is -2.20. The van der Waals surface area contributed by atoms with Crippen molar-refractivity contribution in [1.29, 1.82) is 0 Å². The number of rotatable bonds is 3. The van der Waals surface area contributed by atoms with Crippen LogP contribution >= 0.6 is 0 Å². The van der Waals surface area contributed by atoms with Gasteiger partial charge >= 0.3 is 0 Å². The van der Waals surface area contributed by atoms with Crippen LogP contribution in [-0.4, -0.2) is 12.0 Å². The second-order valence-electron chi connectivity index (χ2n) is 4.70. The van der Waals surface area contributed by atoms with Crippen LogP contribution in [0.2, 0.25) is 0 Å². The second kappa shape index (κ2) is 5.85. The summed E-state index contributed by atoms with van der Waals surface area (Å²) in [5.74, 6) is -0.363. The Morgan fingerprint density at radius 2 is 2.06 bits per heavy atom. The third-order valence-electron chi connectivity index (χ3n) is 3.10. The molecule has 0 unspecified atom stereocenters. The third-order valence-corrected chi connectivity index (χ3v) is 3.10. The molecule has 1 aromatic carbocycles. The number of amides is 1. The fourth-order valence-electron chi connectivity index (χ4n) is 2.24. The van der Waals surface area contributed by atoms with Gasteiger partial charge in [-0.05, 0) is 37.8 Å². The van der Waals surface area contributed by atoms with Gasteiger partial charge in [-0.25, -0.2) is 4.39 Å². The van der Waals surface area contributed by atoms with E-state index in [1.165, 1.54) is 19.4 Å². The van der Waals surface area contributed by atoms with Gasteiger partial charge in [-0.2, -0.15) is 0 Å². The number of hydrogen-bond donors (Lipinski definition) is 1. The van der Waals surface area contributed by atoms with Gasteiger partial charge < -0.3 is 10.1 Å². The van der Waals surface area contributed by atoms with Crippen molar-refractivity contribution in [2.45, 2.75) is 45.1 Å². The first-order valence-corrected chi connectivity index (χ1v) is 6.39. The molecule has 0 aliphatic heterocycles. The second-order valence-corrected chi connectivity index (χ2v) is 4.70. The first-order valence-electron chi connectivity index (χ1n) is 6.39. The average Bonchev–Trinajstić information content (AvgIpc) is 2.33. The summed E-state index contributed by atoms with van der Waals surface area (Å²) in [5.41, 5.74) is 0.455. The summed E-state index contributed by atoms with van der Waals surface area (Å²) in [6, 6.07) is 4.53. The van der Waals surface area contributed by atoms with E-state index < -0.39 is 5.82 Å². The number of hydrogen-bond acceptors (Lipinski definition) is 2. The normalized spacial score (nSPS) is 16.3. The van der Waals surface area contributed by atoms with E-state index >= 15 is 0 Å². The van der Waals surface area contributed by atoms with Crippen molar-refractivity contribution in [1.82, 2.24) is 0 Å². The Bertz CT molecular complexity index is 428. The predicted octanol–water partition coefficient (Wildman–Crippen LogP) is 3.50. The van der Waals surface area contributed by atoms with E-state index in [1.54, 1.807) is 12.1 Å². The van der Waals surface area contributed by atoms with Crippen molar-refractivity contribution in [2.24, 2.45) is 0 Å². The highest BCUT2D eigenvalue weighted by atomic mass is 19.1. The summed E-state index contributed by atoms with van der Waals surface area (Å²) in [6.45, 7) is 1.39. The Labute approximate surface area is 106 Å². The number of nitrogens with one attached hydrogen (secondary N) is 1. The van der Waals surface area contributed by atoms with Gasteiger partial charge in [-0.3, -0.25) is 4.79 Å². The lowest BCUT2D eigenvalue weighted by atomic mass is 9.98. The topological polar surface area (TPSA) is 38.3 Å². The summed E-state index contributed by atoms with van der Waals surface area (Å²) < 4.78 is 19.4. The third kappa shape index (κ3) is 3.45. The highest BCUT2D eigenvalue weighted by Crippen LogP contribution is 2.27. The van der Waals surface area contributed by atoms with Crippen LogP contribution in [0.5, 0.6) is 5.75 Å². The van der Waals surface area contributed by atoms with Crippen LogP contribution in [0, 0.1) is 5.82 Å². The molecule has 4 heteroatoms. The lowest BCUT2D eigenvalue weighted by molar-refractivity contribution is -0.114. The molecule has 0 saturated heterocycles. The van der Waals surface area contributed by atoms with E-state index in [-0.39, 0.29) is 17.8 Å². The van der Waals surface area contributed by atoms with Gasteiger partial charge in [0.2, 0.25) is 5.91 Å². The molecule has 1 amide bonds. The van der Waals surface area contributed by atoms with Crippen LogP contribution in [0.1, 0.15) is 39.0 Å². The Balaban J connectivity index is 2.02. The smallest absolute Gasteiger partial charge is 0.221 e. The van der Waals surface area contributed by atoms with Crippen LogP contribution in [0.25, 0.3) is 0 Å². The zero-order chi connectivity index (χ0) is 13.0. The summed E-state index contributed by atoms with van der Waals surface area (Å²) in [4.78, 5) is 10.9. The highest BCUT2D eigenvalue weighted by Gasteiger charge is 2.16. The molecule has 1 N–H and O–H groups in total. The van der Waals surface area contributed by atoms with E-state index in [0.29, 0.717) is 5.69 Å². The SMILES string of the molecule is CC(=O)Nc1ccc(OC2CCCCC2)c(F)c1. The predicted molar refractivity (Wildman–Crippen MR) is 68.2 cm³/mol. The Morgan fingerprint density at radius 1 is 1.33 bits per heavy atom. The number of halogens is 1. The molecule has 98 valence electrons. The molecular weight excluding hydrogens is 233 g/mol. The molecule has 1 aromatic rings. The molecule has 3 nitrogen and oxygen atoms in total. The van der Waals surface area contributed by atoms with Crippen molar-refractivity contribution < 1.29 is 13.9 Å². The maximum atomic E-state index is 13.8. The first kappa shape index (κ1) is 12.9. The van der Waals surface area contributed by atoms with E-state index in [9.17, 15) is 9.18 Å². The van der Waals surface area contributed by atoms with Crippen LogP contribution in [-0.2, 0) is 4.79 Å². The molecule has 0 heterocycles. The molecular formula is C14H18FNO2. The summed E-state index contributed by atoms with van der Waals surface area (Å²) in [5, 5.41) is 2.54. The van der Waals surface area contributed by atoms with Crippen LogP contribution in [0.4, 0.5) is 10.1 Å². The Hall–Kier alpha value is -1.58. The standard InChI is InChI=1S/C14H18FNO2/c1-10(17)16-11-7-8-14(13(15)9-11)18-12-5-3-2-4-6-12/h7-9,12H,2-6H2,1H3,(H,16,17). The molecule has 2 rings (SSSR count). The first-order chi connectivity index (χ1) is 8.65. The molecule has 0 radical (unpaired) electrons. The number of anilines is 1. The molecule has 18 heavy (non-hydrogen) atoms. The molecule has 0 atom stereocenters. The van der Waals surface area contributed by atoms with Crippen LogP contribution in [0.15, 0.2) is 18.2 Å². The van der Waals surface area contributed by atoms with Gasteiger partial charge in [-0.15, -0.1) is 0 Å². The van der Waals surface area contributed by atoms with E-state index in [0.717, 1.165) is 25.7 Å². The van der Waals surface area contributed by atoms with Crippen molar-refractivity contribution in [3.63, 3.8) is 0 Å². The van der Waals surface area contributed by atoms with Gasteiger partial charge in [0.15, 0.2) is 11.6 Å². The molecule has 1 saturated carbocycles. The van der Waals surface area contributed by atoms with E-state index in [1.807, 2.05) is 0 Å². The van der Waals surface area contributed by atoms with Gasteiger partial charge in [0, 0.05) is 18.7 Å². The minimum atomic E-state index is -0.424. The highest BCUT2D eigenvalue weighted by molar-refractivity contribution is 5.88. The van der Waals surface area contributed by atoms with Gasteiger partial charge in [0.05, 0.1) is 6.10 Å². The quantitative estimate of drug-likeness (QED) is 0.893. The number of carbonyl (C=O) groups excluding carboxylic acids is 1. The molecule has 1 aliphatic rings. The Morgan fingerprint density at radius 3 is 2.67 bits per heavy atom. The molecule has 0 bridgehead atoms. The molecule has 1 fully saturated rings.